The van der Waals surface area contributed by atoms with Gasteiger partial charge in [-0.15, -0.1) is 0 Å². The predicted molar refractivity (Wildman–Crippen MR) is 145 cm³/mol. The average molecular weight is 521 g/mol. The van der Waals surface area contributed by atoms with Crippen molar-refractivity contribution >= 4 is 23.8 Å². The summed E-state index contributed by atoms with van der Waals surface area (Å²) in [6.07, 6.45) is 6.67. The number of benzene rings is 2. The summed E-state index contributed by atoms with van der Waals surface area (Å²) < 4.78 is 9.86. The van der Waals surface area contributed by atoms with Crippen molar-refractivity contribution in [3.05, 3.63) is 96.1 Å². The molecule has 0 saturated heterocycles. The molecule has 2 atom stereocenters. The number of ether oxygens (including phenoxy) is 2. The fourth-order valence-electron chi connectivity index (χ4n) is 3.63. The highest BCUT2D eigenvalue weighted by atomic mass is 16.5. The highest BCUT2D eigenvalue weighted by Crippen LogP contribution is 2.07. The largest absolute Gasteiger partial charge is 0.463 e. The van der Waals surface area contributed by atoms with Gasteiger partial charge in [0.2, 0.25) is 11.8 Å². The normalized spacial score (nSPS) is 12.6. The van der Waals surface area contributed by atoms with E-state index in [4.69, 9.17) is 9.47 Å². The maximum Gasteiger partial charge on any atom is 0.330 e. The van der Waals surface area contributed by atoms with E-state index in [1.54, 1.807) is 26.0 Å². The molecule has 2 aromatic carbocycles. The van der Waals surface area contributed by atoms with E-state index in [9.17, 15) is 19.2 Å². The molecule has 0 saturated carbocycles. The van der Waals surface area contributed by atoms with Gasteiger partial charge in [-0.05, 0) is 37.8 Å². The molecule has 0 heterocycles. The van der Waals surface area contributed by atoms with E-state index in [2.05, 4.69) is 10.6 Å². The summed E-state index contributed by atoms with van der Waals surface area (Å²) in [6, 6.07) is 18.2. The summed E-state index contributed by atoms with van der Waals surface area (Å²) in [7, 11) is 0. The molecule has 8 nitrogen and oxygen atoms in total. The Labute approximate surface area is 224 Å². The van der Waals surface area contributed by atoms with Crippen molar-refractivity contribution < 1.29 is 28.7 Å². The highest BCUT2D eigenvalue weighted by molar-refractivity contribution is 5.85. The van der Waals surface area contributed by atoms with Crippen LogP contribution in [0, 0.1) is 0 Å². The van der Waals surface area contributed by atoms with Crippen LogP contribution >= 0.6 is 0 Å². The standard InChI is InChI=1S/C30H36N2O6/c1-3-37-29(35)19-15-25(21-23-11-7-5-8-12-23)31-27(33)17-18-28(34)32-26(16-20-30(36)38-4-2)22-24-13-9-6-10-14-24/h5-16,19-20,25-26H,3-4,17-18,21-22H2,1-2H3,(H,31,33)(H,32,34)/b19-15+,20-16+/t25-,26+. The Morgan fingerprint density at radius 3 is 1.37 bits per heavy atom. The van der Waals surface area contributed by atoms with Crippen LogP contribution in [-0.4, -0.2) is 49.1 Å². The van der Waals surface area contributed by atoms with Crippen LogP contribution in [0.2, 0.25) is 0 Å². The Hall–Kier alpha value is -4.20. The molecule has 0 aromatic heterocycles. The predicted octanol–water partition coefficient (Wildman–Crippen LogP) is 3.46. The first kappa shape index (κ1) is 30.0. The fraction of sp³-hybridized carbons (Fsp3) is 0.333. The van der Waals surface area contributed by atoms with Crippen LogP contribution in [0.3, 0.4) is 0 Å². The van der Waals surface area contributed by atoms with E-state index in [1.165, 1.54) is 12.2 Å². The Kier molecular flexibility index (Phi) is 13.7. The number of hydrogen-bond donors (Lipinski definition) is 2. The summed E-state index contributed by atoms with van der Waals surface area (Å²) in [4.78, 5) is 48.8. The molecule has 2 aromatic rings. The smallest absolute Gasteiger partial charge is 0.330 e. The quantitative estimate of drug-likeness (QED) is 0.275. The monoisotopic (exact) mass is 520 g/mol. The Morgan fingerprint density at radius 2 is 1.03 bits per heavy atom. The van der Waals surface area contributed by atoms with Crippen LogP contribution in [0.5, 0.6) is 0 Å². The van der Waals surface area contributed by atoms with Crippen LogP contribution in [0.15, 0.2) is 85.0 Å². The zero-order valence-corrected chi connectivity index (χ0v) is 21.9. The van der Waals surface area contributed by atoms with Crippen molar-refractivity contribution in [3.63, 3.8) is 0 Å². The molecule has 202 valence electrons. The molecule has 2 N–H and O–H groups in total. The SMILES string of the molecule is CCOC(=O)/C=C/[C@H](Cc1ccccc1)NC(=O)CCC(=O)N[C@@H](/C=C/C(=O)OCC)Cc1ccccc1. The second-order valence-corrected chi connectivity index (χ2v) is 8.45. The molecule has 0 aliphatic heterocycles. The number of hydrogen-bond acceptors (Lipinski definition) is 6. The van der Waals surface area contributed by atoms with E-state index in [0.29, 0.717) is 12.8 Å². The van der Waals surface area contributed by atoms with Gasteiger partial charge >= 0.3 is 11.9 Å². The zero-order chi connectivity index (χ0) is 27.6. The van der Waals surface area contributed by atoms with E-state index in [0.717, 1.165) is 11.1 Å². The molecule has 0 bridgehead atoms. The summed E-state index contributed by atoms with van der Waals surface area (Å²) in [5.41, 5.74) is 1.97. The lowest BCUT2D eigenvalue weighted by Gasteiger charge is -2.17. The van der Waals surface area contributed by atoms with Crippen LogP contribution in [0.4, 0.5) is 0 Å². The summed E-state index contributed by atoms with van der Waals surface area (Å²) in [6.45, 7) is 3.95. The lowest BCUT2D eigenvalue weighted by atomic mass is 10.0. The van der Waals surface area contributed by atoms with Gasteiger partial charge in [0.15, 0.2) is 0 Å². The van der Waals surface area contributed by atoms with Crippen molar-refractivity contribution in [3.8, 4) is 0 Å². The molecule has 38 heavy (non-hydrogen) atoms. The molecule has 0 radical (unpaired) electrons. The van der Waals surface area contributed by atoms with Gasteiger partial charge in [-0.3, -0.25) is 9.59 Å². The first-order valence-electron chi connectivity index (χ1n) is 12.8. The molecule has 0 unspecified atom stereocenters. The van der Waals surface area contributed by atoms with Crippen molar-refractivity contribution in [2.75, 3.05) is 13.2 Å². The third-order valence-corrected chi connectivity index (χ3v) is 5.37. The molecular weight excluding hydrogens is 484 g/mol. The molecule has 0 fully saturated rings. The van der Waals surface area contributed by atoms with Gasteiger partial charge in [-0.1, -0.05) is 72.8 Å². The zero-order valence-electron chi connectivity index (χ0n) is 21.9. The van der Waals surface area contributed by atoms with E-state index >= 15 is 0 Å². The minimum absolute atomic E-state index is 0.0377. The molecule has 2 amide bonds. The second kappa shape index (κ2) is 17.3. The fourth-order valence-corrected chi connectivity index (χ4v) is 3.63. The number of esters is 2. The Morgan fingerprint density at radius 1 is 0.658 bits per heavy atom. The summed E-state index contributed by atoms with van der Waals surface area (Å²) in [5, 5.41) is 5.75. The van der Waals surface area contributed by atoms with Gasteiger partial charge in [0.05, 0.1) is 25.3 Å². The first-order valence-corrected chi connectivity index (χ1v) is 12.8. The van der Waals surface area contributed by atoms with Crippen LogP contribution in [-0.2, 0) is 41.5 Å². The van der Waals surface area contributed by atoms with Crippen LogP contribution < -0.4 is 10.6 Å². The summed E-state index contributed by atoms with van der Waals surface area (Å²) >= 11 is 0. The van der Waals surface area contributed by atoms with Gasteiger partial charge in [-0.25, -0.2) is 9.59 Å². The maximum absolute atomic E-state index is 12.7. The van der Waals surface area contributed by atoms with Crippen molar-refractivity contribution in [2.24, 2.45) is 0 Å². The minimum Gasteiger partial charge on any atom is -0.463 e. The highest BCUT2D eigenvalue weighted by Gasteiger charge is 2.15. The number of rotatable bonds is 15. The molecule has 0 aliphatic carbocycles. The third kappa shape index (κ3) is 12.7. The first-order chi connectivity index (χ1) is 18.4. The van der Waals surface area contributed by atoms with Gasteiger partial charge in [0.1, 0.15) is 0 Å². The topological polar surface area (TPSA) is 111 Å². The number of amides is 2. The lowest BCUT2D eigenvalue weighted by molar-refractivity contribution is -0.138. The van der Waals surface area contributed by atoms with Crippen LogP contribution in [0.1, 0.15) is 37.8 Å². The maximum atomic E-state index is 12.7. The van der Waals surface area contributed by atoms with Gasteiger partial charge < -0.3 is 20.1 Å². The molecule has 0 spiro atoms. The van der Waals surface area contributed by atoms with E-state index in [1.807, 2.05) is 60.7 Å². The van der Waals surface area contributed by atoms with E-state index in [-0.39, 0.29) is 37.9 Å². The molecular formula is C30H36N2O6. The third-order valence-electron chi connectivity index (χ3n) is 5.37. The van der Waals surface area contributed by atoms with Gasteiger partial charge in [0.25, 0.3) is 0 Å². The van der Waals surface area contributed by atoms with Crippen molar-refractivity contribution in [1.82, 2.24) is 10.6 Å². The average Bonchev–Trinajstić information content (AvgIpc) is 2.91. The summed E-state index contributed by atoms with van der Waals surface area (Å²) in [5.74, 6) is -1.62. The molecule has 8 heteroatoms. The van der Waals surface area contributed by atoms with Gasteiger partial charge in [0, 0.05) is 25.0 Å². The number of nitrogens with one attached hydrogen (secondary N) is 2. The molecule has 0 aliphatic rings. The molecule has 2 rings (SSSR count). The van der Waals surface area contributed by atoms with Gasteiger partial charge in [-0.2, -0.15) is 0 Å². The van der Waals surface area contributed by atoms with Crippen molar-refractivity contribution in [2.45, 2.75) is 51.6 Å². The van der Waals surface area contributed by atoms with Crippen molar-refractivity contribution in [1.29, 1.82) is 0 Å². The van der Waals surface area contributed by atoms with Crippen LogP contribution in [0.25, 0.3) is 0 Å². The lowest BCUT2D eigenvalue weighted by Crippen LogP contribution is -2.38. The minimum atomic E-state index is -0.487. The number of carbonyl (C=O) groups is 4. The Bertz CT molecular complexity index is 995. The second-order valence-electron chi connectivity index (χ2n) is 8.45. The number of carbonyl (C=O) groups excluding carboxylic acids is 4. The Balaban J connectivity index is 1.96. The van der Waals surface area contributed by atoms with E-state index < -0.39 is 24.0 Å².